The SMILES string of the molecule is CCOc1ccc(N(CCCC(=O)N(CCc2ccccc2)[C@@H](CC)C(=O)NC2CCCC2)S(C)(=O)=O)cc1. The number of benzene rings is 2. The van der Waals surface area contributed by atoms with Crippen molar-refractivity contribution >= 4 is 27.5 Å². The van der Waals surface area contributed by atoms with Crippen molar-refractivity contribution in [2.24, 2.45) is 0 Å². The van der Waals surface area contributed by atoms with Crippen LogP contribution >= 0.6 is 0 Å². The summed E-state index contributed by atoms with van der Waals surface area (Å²) in [5.41, 5.74) is 1.62. The molecule has 9 heteroatoms. The summed E-state index contributed by atoms with van der Waals surface area (Å²) >= 11 is 0. The van der Waals surface area contributed by atoms with E-state index in [2.05, 4.69) is 5.32 Å². The molecule has 0 aromatic heterocycles. The van der Waals surface area contributed by atoms with Gasteiger partial charge in [0.25, 0.3) is 0 Å². The van der Waals surface area contributed by atoms with E-state index >= 15 is 0 Å². The van der Waals surface area contributed by atoms with Crippen molar-refractivity contribution in [2.75, 3.05) is 30.3 Å². The van der Waals surface area contributed by atoms with Gasteiger partial charge in [-0.1, -0.05) is 50.1 Å². The molecule has 0 unspecified atom stereocenters. The summed E-state index contributed by atoms with van der Waals surface area (Å²) in [5, 5.41) is 3.16. The minimum atomic E-state index is -3.55. The molecular weight excluding hydrogens is 514 g/mol. The van der Waals surface area contributed by atoms with Gasteiger partial charge in [-0.15, -0.1) is 0 Å². The highest BCUT2D eigenvalue weighted by atomic mass is 32.2. The lowest BCUT2D eigenvalue weighted by molar-refractivity contribution is -0.141. The highest BCUT2D eigenvalue weighted by Gasteiger charge is 2.30. The molecule has 39 heavy (non-hydrogen) atoms. The van der Waals surface area contributed by atoms with E-state index in [1.807, 2.05) is 44.2 Å². The zero-order valence-corrected chi connectivity index (χ0v) is 24.3. The lowest BCUT2D eigenvalue weighted by Gasteiger charge is -2.32. The third kappa shape index (κ3) is 9.27. The number of nitrogens with zero attached hydrogens (tertiary/aromatic N) is 2. The molecule has 1 N–H and O–H groups in total. The van der Waals surface area contributed by atoms with Gasteiger partial charge in [-0.3, -0.25) is 13.9 Å². The van der Waals surface area contributed by atoms with Gasteiger partial charge in [-0.25, -0.2) is 8.42 Å². The van der Waals surface area contributed by atoms with Crippen molar-refractivity contribution in [1.82, 2.24) is 10.2 Å². The van der Waals surface area contributed by atoms with Crippen LogP contribution in [-0.4, -0.2) is 63.2 Å². The Labute approximate surface area is 233 Å². The number of ether oxygens (including phenoxy) is 1. The number of rotatable bonds is 15. The molecule has 0 bridgehead atoms. The molecule has 1 aliphatic rings. The van der Waals surface area contributed by atoms with E-state index in [0.29, 0.717) is 43.9 Å². The highest BCUT2D eigenvalue weighted by molar-refractivity contribution is 7.92. The molecule has 0 spiro atoms. The maximum atomic E-state index is 13.6. The van der Waals surface area contributed by atoms with Gasteiger partial charge in [-0.2, -0.15) is 0 Å². The number of hydrogen-bond acceptors (Lipinski definition) is 5. The predicted octanol–water partition coefficient (Wildman–Crippen LogP) is 4.54. The Morgan fingerprint density at radius 2 is 1.67 bits per heavy atom. The van der Waals surface area contributed by atoms with Crippen molar-refractivity contribution in [2.45, 2.75) is 77.3 Å². The summed E-state index contributed by atoms with van der Waals surface area (Å²) in [6.45, 7) is 4.93. The average molecular weight is 558 g/mol. The Bertz CT molecular complexity index is 1150. The van der Waals surface area contributed by atoms with Crippen LogP contribution in [0.15, 0.2) is 54.6 Å². The highest BCUT2D eigenvalue weighted by Crippen LogP contribution is 2.23. The van der Waals surface area contributed by atoms with E-state index in [4.69, 9.17) is 4.74 Å². The number of nitrogens with one attached hydrogen (secondary N) is 1. The molecule has 0 heterocycles. The Kier molecular flexibility index (Phi) is 11.7. The first kappa shape index (κ1) is 30.5. The molecule has 0 saturated heterocycles. The fourth-order valence-corrected chi connectivity index (χ4v) is 6.11. The van der Waals surface area contributed by atoms with Gasteiger partial charge in [0, 0.05) is 25.6 Å². The number of carbonyl (C=O) groups excluding carboxylic acids is 2. The van der Waals surface area contributed by atoms with Crippen LogP contribution in [-0.2, 0) is 26.0 Å². The minimum Gasteiger partial charge on any atom is -0.494 e. The molecule has 2 aromatic carbocycles. The van der Waals surface area contributed by atoms with Gasteiger partial charge in [0.1, 0.15) is 11.8 Å². The molecule has 1 aliphatic carbocycles. The molecule has 214 valence electrons. The number of carbonyl (C=O) groups is 2. The second-order valence-electron chi connectivity index (χ2n) is 10.1. The molecule has 1 atom stereocenters. The fourth-order valence-electron chi connectivity index (χ4n) is 5.14. The van der Waals surface area contributed by atoms with E-state index < -0.39 is 16.1 Å². The lowest BCUT2D eigenvalue weighted by Crippen LogP contribution is -2.52. The summed E-state index contributed by atoms with van der Waals surface area (Å²) in [6, 6.07) is 16.4. The number of sulfonamides is 1. The van der Waals surface area contributed by atoms with Crippen molar-refractivity contribution in [3.63, 3.8) is 0 Å². The van der Waals surface area contributed by atoms with Crippen molar-refractivity contribution in [1.29, 1.82) is 0 Å². The second kappa shape index (κ2) is 14.9. The quantitative estimate of drug-likeness (QED) is 0.347. The van der Waals surface area contributed by atoms with E-state index in [1.165, 1.54) is 4.31 Å². The van der Waals surface area contributed by atoms with E-state index in [-0.39, 0.29) is 30.8 Å². The van der Waals surface area contributed by atoms with Crippen LogP contribution in [0.2, 0.25) is 0 Å². The van der Waals surface area contributed by atoms with E-state index in [1.54, 1.807) is 29.2 Å². The fraction of sp³-hybridized carbons (Fsp3) is 0.533. The van der Waals surface area contributed by atoms with Crippen LogP contribution in [0.1, 0.15) is 64.4 Å². The summed E-state index contributed by atoms with van der Waals surface area (Å²) in [7, 11) is -3.55. The molecular formula is C30H43N3O5S. The topological polar surface area (TPSA) is 96.0 Å². The van der Waals surface area contributed by atoms with E-state index in [0.717, 1.165) is 37.5 Å². The molecule has 2 amide bonds. The smallest absolute Gasteiger partial charge is 0.243 e. The first-order chi connectivity index (χ1) is 18.7. The largest absolute Gasteiger partial charge is 0.494 e. The van der Waals surface area contributed by atoms with Crippen LogP contribution in [0.25, 0.3) is 0 Å². The van der Waals surface area contributed by atoms with Crippen LogP contribution in [0.4, 0.5) is 5.69 Å². The number of amides is 2. The zero-order chi connectivity index (χ0) is 28.3. The molecule has 0 aliphatic heterocycles. The standard InChI is InChI=1S/C30H43N3O5S/c1-4-28(30(35)31-25-14-9-10-15-25)32(23-21-24-12-7-6-8-13-24)29(34)16-11-22-33(39(3,36)37)26-17-19-27(20-18-26)38-5-2/h6-8,12-13,17-20,25,28H,4-5,9-11,14-16,21-23H2,1-3H3,(H,31,35)/t28-/m0/s1. The first-order valence-electron chi connectivity index (χ1n) is 14.1. The Morgan fingerprint density at radius 3 is 2.26 bits per heavy atom. The van der Waals surface area contributed by atoms with Crippen LogP contribution in [0, 0.1) is 0 Å². The van der Waals surface area contributed by atoms with Gasteiger partial charge >= 0.3 is 0 Å². The number of hydrogen-bond donors (Lipinski definition) is 1. The van der Waals surface area contributed by atoms with E-state index in [9.17, 15) is 18.0 Å². The minimum absolute atomic E-state index is 0.0991. The third-order valence-electron chi connectivity index (χ3n) is 7.16. The molecule has 1 fully saturated rings. The van der Waals surface area contributed by atoms with Crippen molar-refractivity contribution in [3.05, 3.63) is 60.2 Å². The predicted molar refractivity (Wildman–Crippen MR) is 155 cm³/mol. The monoisotopic (exact) mass is 557 g/mol. The summed E-state index contributed by atoms with van der Waals surface area (Å²) < 4.78 is 31.9. The molecule has 3 rings (SSSR count). The maximum Gasteiger partial charge on any atom is 0.243 e. The summed E-state index contributed by atoms with van der Waals surface area (Å²) in [5.74, 6) is 0.429. The summed E-state index contributed by atoms with van der Waals surface area (Å²) in [4.78, 5) is 28.5. The van der Waals surface area contributed by atoms with Crippen LogP contribution < -0.4 is 14.4 Å². The van der Waals surface area contributed by atoms with Crippen LogP contribution in [0.5, 0.6) is 5.75 Å². The molecule has 8 nitrogen and oxygen atoms in total. The first-order valence-corrected chi connectivity index (χ1v) is 15.9. The third-order valence-corrected chi connectivity index (χ3v) is 8.35. The Hall–Kier alpha value is -3.07. The van der Waals surface area contributed by atoms with Gasteiger partial charge in [0.2, 0.25) is 21.8 Å². The normalized spacial score (nSPS) is 14.5. The molecule has 1 saturated carbocycles. The van der Waals surface area contributed by atoms with Gasteiger partial charge in [-0.05, 0) is 68.9 Å². The molecule has 2 aromatic rings. The lowest BCUT2D eigenvalue weighted by atomic mass is 10.1. The Balaban J connectivity index is 1.70. The summed E-state index contributed by atoms with van der Waals surface area (Å²) in [6.07, 6.45) is 6.99. The average Bonchev–Trinajstić information content (AvgIpc) is 3.42. The Morgan fingerprint density at radius 1 is 1.00 bits per heavy atom. The zero-order valence-electron chi connectivity index (χ0n) is 23.5. The van der Waals surface area contributed by atoms with Gasteiger partial charge in [0.05, 0.1) is 18.6 Å². The van der Waals surface area contributed by atoms with Gasteiger partial charge in [0.15, 0.2) is 0 Å². The molecule has 0 radical (unpaired) electrons. The second-order valence-corrected chi connectivity index (χ2v) is 12.0. The van der Waals surface area contributed by atoms with Crippen molar-refractivity contribution in [3.8, 4) is 5.75 Å². The number of anilines is 1. The van der Waals surface area contributed by atoms with Crippen LogP contribution in [0.3, 0.4) is 0 Å². The maximum absolute atomic E-state index is 13.6. The van der Waals surface area contributed by atoms with Gasteiger partial charge < -0.3 is 15.0 Å². The van der Waals surface area contributed by atoms with Crippen molar-refractivity contribution < 1.29 is 22.7 Å².